The fourth-order valence-electron chi connectivity index (χ4n) is 5.41. The van der Waals surface area contributed by atoms with Crippen molar-refractivity contribution in [2.24, 2.45) is 16.7 Å². The van der Waals surface area contributed by atoms with E-state index < -0.39 is 0 Å². The van der Waals surface area contributed by atoms with E-state index in [0.717, 1.165) is 39.5 Å². The van der Waals surface area contributed by atoms with Gasteiger partial charge in [0.25, 0.3) is 0 Å². The van der Waals surface area contributed by atoms with Crippen molar-refractivity contribution in [3.05, 3.63) is 35.4 Å². The third kappa shape index (κ3) is 3.85. The van der Waals surface area contributed by atoms with Gasteiger partial charge in [-0.3, -0.25) is 0 Å². The molecule has 0 radical (unpaired) electrons. The minimum absolute atomic E-state index is 0.0176. The molecule has 2 unspecified atom stereocenters. The van der Waals surface area contributed by atoms with Gasteiger partial charge in [-0.2, -0.15) is 0 Å². The molecule has 3 aliphatic rings. The van der Waals surface area contributed by atoms with Crippen LogP contribution in [0.3, 0.4) is 0 Å². The molecule has 30 heavy (non-hydrogen) atoms. The summed E-state index contributed by atoms with van der Waals surface area (Å²) in [6.45, 7) is 18.2. The quantitative estimate of drug-likeness (QED) is 0.501. The Morgan fingerprint density at radius 2 is 1.70 bits per heavy atom. The van der Waals surface area contributed by atoms with Gasteiger partial charge in [0.2, 0.25) is 0 Å². The maximum Gasteiger partial charge on any atom is 0.0724 e. The number of ether oxygens (including phenoxy) is 4. The highest BCUT2D eigenvalue weighted by atomic mass is 16.5. The fraction of sp³-hybridized carbons (Fsp3) is 0.769. The van der Waals surface area contributed by atoms with Crippen molar-refractivity contribution in [3.63, 3.8) is 0 Å². The third-order valence-corrected chi connectivity index (χ3v) is 8.10. The largest absolute Gasteiger partial charge is 0.380 e. The van der Waals surface area contributed by atoms with Gasteiger partial charge in [-0.15, -0.1) is 0 Å². The molecule has 4 nitrogen and oxygen atoms in total. The molecule has 3 atom stereocenters. The first-order valence-electron chi connectivity index (χ1n) is 11.7. The third-order valence-electron chi connectivity index (χ3n) is 8.10. The molecule has 2 aliphatic heterocycles. The average Bonchev–Trinajstić information content (AvgIpc) is 3.18. The van der Waals surface area contributed by atoms with Gasteiger partial charge in [0.05, 0.1) is 51.3 Å². The summed E-state index contributed by atoms with van der Waals surface area (Å²) in [5.74, 6) is 0.526. The number of rotatable bonds is 11. The van der Waals surface area contributed by atoms with Crippen LogP contribution in [0.1, 0.15) is 65.5 Å². The van der Waals surface area contributed by atoms with Crippen molar-refractivity contribution in [1.82, 2.24) is 0 Å². The van der Waals surface area contributed by atoms with Crippen LogP contribution in [0.15, 0.2) is 24.3 Å². The van der Waals surface area contributed by atoms with E-state index in [1.807, 2.05) is 0 Å². The maximum absolute atomic E-state index is 6.39. The second-order valence-corrected chi connectivity index (χ2v) is 11.1. The van der Waals surface area contributed by atoms with Gasteiger partial charge in [-0.1, -0.05) is 52.0 Å². The van der Waals surface area contributed by atoms with E-state index in [2.05, 4.69) is 65.8 Å². The average molecular weight is 417 g/mol. The monoisotopic (exact) mass is 416 g/mol. The predicted molar refractivity (Wildman–Crippen MR) is 119 cm³/mol. The molecule has 1 aromatic carbocycles. The topological polar surface area (TPSA) is 36.9 Å². The van der Waals surface area contributed by atoms with E-state index in [4.69, 9.17) is 18.9 Å². The van der Waals surface area contributed by atoms with Crippen molar-refractivity contribution in [2.45, 2.75) is 78.1 Å². The Hall–Kier alpha value is -0.940. The van der Waals surface area contributed by atoms with E-state index in [1.54, 1.807) is 0 Å². The molecule has 0 amide bonds. The molecule has 1 aromatic rings. The van der Waals surface area contributed by atoms with Gasteiger partial charge in [0.1, 0.15) is 0 Å². The minimum Gasteiger partial charge on any atom is -0.380 e. The molecule has 1 aliphatic carbocycles. The van der Waals surface area contributed by atoms with Gasteiger partial charge in [-0.25, -0.2) is 0 Å². The Labute approximate surface area is 182 Å². The maximum atomic E-state index is 6.39. The zero-order valence-electron chi connectivity index (χ0n) is 19.8. The first kappa shape index (κ1) is 22.3. The second kappa shape index (κ2) is 7.88. The van der Waals surface area contributed by atoms with Crippen LogP contribution in [0.25, 0.3) is 0 Å². The SMILES string of the molecule is CCC1(COCC(C)(C)c2ccc(COC(C)(C)[C@@H]3C4OCC43CC)cc2)COC1. The Morgan fingerprint density at radius 3 is 2.17 bits per heavy atom. The van der Waals surface area contributed by atoms with Crippen LogP contribution in [0.5, 0.6) is 0 Å². The number of fused-ring (bicyclic) bond motifs is 1. The van der Waals surface area contributed by atoms with Gasteiger partial charge < -0.3 is 18.9 Å². The zero-order valence-corrected chi connectivity index (χ0v) is 19.8. The molecule has 4 heteroatoms. The Kier molecular flexibility index (Phi) is 5.85. The minimum atomic E-state index is -0.149. The molecule has 1 saturated carbocycles. The van der Waals surface area contributed by atoms with Crippen molar-refractivity contribution in [3.8, 4) is 0 Å². The van der Waals surface area contributed by atoms with E-state index in [9.17, 15) is 0 Å². The summed E-state index contributed by atoms with van der Waals surface area (Å²) >= 11 is 0. The Bertz CT molecular complexity index is 724. The Balaban J connectivity index is 1.28. The number of benzene rings is 1. The van der Waals surface area contributed by atoms with Crippen LogP contribution in [-0.2, 0) is 31.0 Å². The molecule has 0 spiro atoms. The number of hydrogen-bond donors (Lipinski definition) is 0. The number of hydrogen-bond acceptors (Lipinski definition) is 4. The fourth-order valence-corrected chi connectivity index (χ4v) is 5.41. The molecule has 0 N–H and O–H groups in total. The van der Waals surface area contributed by atoms with Crippen LogP contribution in [0.2, 0.25) is 0 Å². The van der Waals surface area contributed by atoms with Crippen molar-refractivity contribution < 1.29 is 18.9 Å². The van der Waals surface area contributed by atoms with Crippen LogP contribution >= 0.6 is 0 Å². The Morgan fingerprint density at radius 1 is 1.00 bits per heavy atom. The van der Waals surface area contributed by atoms with E-state index in [0.29, 0.717) is 24.0 Å². The highest BCUT2D eigenvalue weighted by Crippen LogP contribution is 2.68. The lowest BCUT2D eigenvalue weighted by atomic mass is 9.83. The van der Waals surface area contributed by atoms with Gasteiger partial charge in [-0.05, 0) is 37.8 Å². The molecule has 0 aromatic heterocycles. The van der Waals surface area contributed by atoms with E-state index in [-0.39, 0.29) is 16.4 Å². The summed E-state index contributed by atoms with van der Waals surface area (Å²) in [6.07, 6.45) is 2.72. The van der Waals surface area contributed by atoms with Crippen molar-refractivity contribution >= 4 is 0 Å². The smallest absolute Gasteiger partial charge is 0.0724 e. The summed E-state index contributed by atoms with van der Waals surface area (Å²) in [6, 6.07) is 8.87. The lowest BCUT2D eigenvalue weighted by Crippen LogP contribution is -2.46. The molecule has 4 rings (SSSR count). The second-order valence-electron chi connectivity index (χ2n) is 11.1. The van der Waals surface area contributed by atoms with Crippen LogP contribution in [0.4, 0.5) is 0 Å². The molecular formula is C26H40O4. The van der Waals surface area contributed by atoms with E-state index >= 15 is 0 Å². The normalized spacial score (nSPS) is 29.7. The standard InChI is InChI=1S/C26H40O4/c1-7-25(16-28-17-25)15-27-14-23(3,4)20-11-9-19(10-12-20)13-30-24(5,6)21-22-26(21,8-2)18-29-22/h9-12,21-22H,7-8,13-18H2,1-6H3/t21-,22?,26?/m0/s1. The summed E-state index contributed by atoms with van der Waals surface area (Å²) in [4.78, 5) is 0. The van der Waals surface area contributed by atoms with E-state index in [1.165, 1.54) is 17.5 Å². The van der Waals surface area contributed by atoms with Crippen LogP contribution in [-0.4, -0.2) is 44.7 Å². The van der Waals surface area contributed by atoms with Crippen molar-refractivity contribution in [1.29, 1.82) is 0 Å². The van der Waals surface area contributed by atoms with Crippen molar-refractivity contribution in [2.75, 3.05) is 33.0 Å². The molecule has 0 bridgehead atoms. The lowest BCUT2D eigenvalue weighted by Gasteiger charge is -2.41. The molecule has 2 heterocycles. The highest BCUT2D eigenvalue weighted by molar-refractivity contribution is 5.28. The van der Waals surface area contributed by atoms with Gasteiger partial charge in [0, 0.05) is 22.2 Å². The van der Waals surface area contributed by atoms with Crippen LogP contribution < -0.4 is 0 Å². The van der Waals surface area contributed by atoms with Crippen LogP contribution in [0, 0.1) is 16.7 Å². The molecule has 3 fully saturated rings. The summed E-state index contributed by atoms with van der Waals surface area (Å²) in [5.41, 5.74) is 2.99. The predicted octanol–water partition coefficient (Wildman–Crippen LogP) is 5.13. The first-order valence-corrected chi connectivity index (χ1v) is 11.7. The molecule has 168 valence electrons. The summed E-state index contributed by atoms with van der Waals surface area (Å²) in [5, 5.41) is 0. The first-order chi connectivity index (χ1) is 14.2. The summed E-state index contributed by atoms with van der Waals surface area (Å²) < 4.78 is 23.7. The van der Waals surface area contributed by atoms with Gasteiger partial charge >= 0.3 is 0 Å². The molecule has 2 saturated heterocycles. The molecular weight excluding hydrogens is 376 g/mol. The van der Waals surface area contributed by atoms with Gasteiger partial charge in [0.15, 0.2) is 0 Å². The highest BCUT2D eigenvalue weighted by Gasteiger charge is 2.76. The zero-order chi connectivity index (χ0) is 21.6. The lowest BCUT2D eigenvalue weighted by molar-refractivity contribution is -0.153. The summed E-state index contributed by atoms with van der Waals surface area (Å²) in [7, 11) is 0.